The number of ether oxygens (including phenoxy) is 1. The lowest BCUT2D eigenvalue weighted by Gasteiger charge is -2.12. The van der Waals surface area contributed by atoms with E-state index in [0.29, 0.717) is 5.69 Å². The fraction of sp³-hybridized carbons (Fsp3) is 0.263. The lowest BCUT2D eigenvalue weighted by atomic mass is 10.1. The molecule has 150 valence electrons. The van der Waals surface area contributed by atoms with E-state index >= 15 is 0 Å². The molecule has 0 fully saturated rings. The number of amides is 1. The van der Waals surface area contributed by atoms with E-state index in [1.165, 1.54) is 12.1 Å². The predicted molar refractivity (Wildman–Crippen MR) is 104 cm³/mol. The molecule has 2 aromatic rings. The van der Waals surface area contributed by atoms with E-state index in [0.717, 1.165) is 30.9 Å². The molecule has 0 aliphatic rings. The lowest BCUT2D eigenvalue weighted by molar-refractivity contribution is -0.119. The molecule has 8 nitrogen and oxygen atoms in total. The van der Waals surface area contributed by atoms with Gasteiger partial charge < -0.3 is 15.6 Å². The number of benzene rings is 2. The molecule has 0 aromatic heterocycles. The van der Waals surface area contributed by atoms with Gasteiger partial charge in [0.05, 0.1) is 4.90 Å². The van der Waals surface area contributed by atoms with Gasteiger partial charge in [-0.25, -0.2) is 13.2 Å². The Morgan fingerprint density at radius 2 is 1.82 bits per heavy atom. The van der Waals surface area contributed by atoms with Crippen molar-refractivity contribution < 1.29 is 27.9 Å². The summed E-state index contributed by atoms with van der Waals surface area (Å²) in [5, 5.41) is 9.30. The highest BCUT2D eigenvalue weighted by molar-refractivity contribution is 7.92. The van der Waals surface area contributed by atoms with Crippen LogP contribution in [0.2, 0.25) is 0 Å². The highest BCUT2D eigenvalue weighted by Gasteiger charge is 2.20. The van der Waals surface area contributed by atoms with Gasteiger partial charge in [0.25, 0.3) is 15.9 Å². The van der Waals surface area contributed by atoms with E-state index in [4.69, 9.17) is 10.5 Å². The van der Waals surface area contributed by atoms with Gasteiger partial charge in [0.15, 0.2) is 6.61 Å². The third-order valence-electron chi connectivity index (χ3n) is 3.89. The number of carboxylic acid groups (broad SMARTS) is 1. The van der Waals surface area contributed by atoms with Crippen LogP contribution in [0.5, 0.6) is 5.75 Å². The zero-order valence-corrected chi connectivity index (χ0v) is 16.2. The SMILES string of the molecule is CCCCc1ccc(NS(=O)(=O)c2ccc(OCC(N)=O)c(C(=O)O)c2)cc1. The Morgan fingerprint density at radius 3 is 2.39 bits per heavy atom. The van der Waals surface area contributed by atoms with E-state index in [-0.39, 0.29) is 16.2 Å². The molecule has 0 unspecified atom stereocenters. The number of hydrogen-bond donors (Lipinski definition) is 3. The Hall–Kier alpha value is -3.07. The maximum absolute atomic E-state index is 12.6. The second-order valence-corrected chi connectivity index (χ2v) is 7.81. The van der Waals surface area contributed by atoms with E-state index in [1.54, 1.807) is 12.1 Å². The van der Waals surface area contributed by atoms with E-state index < -0.39 is 28.5 Å². The molecule has 0 aliphatic heterocycles. The molecule has 2 rings (SSSR count). The van der Waals surface area contributed by atoms with Crippen LogP contribution in [0.15, 0.2) is 47.4 Å². The summed E-state index contributed by atoms with van der Waals surface area (Å²) in [7, 11) is -4.01. The van der Waals surface area contributed by atoms with Crippen molar-refractivity contribution in [3.63, 3.8) is 0 Å². The van der Waals surface area contributed by atoms with Crippen LogP contribution in [0.1, 0.15) is 35.7 Å². The number of nitrogens with one attached hydrogen (secondary N) is 1. The van der Waals surface area contributed by atoms with Crippen molar-refractivity contribution in [3.8, 4) is 5.75 Å². The molecule has 0 atom stereocenters. The minimum Gasteiger partial charge on any atom is -0.483 e. The summed E-state index contributed by atoms with van der Waals surface area (Å²) in [4.78, 5) is 22.0. The van der Waals surface area contributed by atoms with Crippen LogP contribution >= 0.6 is 0 Å². The monoisotopic (exact) mass is 406 g/mol. The van der Waals surface area contributed by atoms with Crippen molar-refractivity contribution in [2.75, 3.05) is 11.3 Å². The molecule has 0 spiro atoms. The molecule has 0 saturated heterocycles. The second kappa shape index (κ2) is 9.23. The molecule has 0 radical (unpaired) electrons. The maximum Gasteiger partial charge on any atom is 0.339 e. The number of sulfonamides is 1. The highest BCUT2D eigenvalue weighted by Crippen LogP contribution is 2.24. The van der Waals surface area contributed by atoms with Crippen molar-refractivity contribution >= 4 is 27.6 Å². The van der Waals surface area contributed by atoms with Crippen LogP contribution in [-0.2, 0) is 21.2 Å². The molecular formula is C19H22N2O6S. The van der Waals surface area contributed by atoms with Gasteiger partial charge in [-0.3, -0.25) is 9.52 Å². The smallest absolute Gasteiger partial charge is 0.339 e. The van der Waals surface area contributed by atoms with E-state index in [1.807, 2.05) is 12.1 Å². The summed E-state index contributed by atoms with van der Waals surface area (Å²) in [5.41, 5.74) is 6.05. The average molecular weight is 406 g/mol. The van der Waals surface area contributed by atoms with Crippen LogP contribution in [0.3, 0.4) is 0 Å². The van der Waals surface area contributed by atoms with Crippen LogP contribution < -0.4 is 15.2 Å². The summed E-state index contributed by atoms with van der Waals surface area (Å²) >= 11 is 0. The minimum absolute atomic E-state index is 0.148. The Labute approximate surface area is 163 Å². The first-order valence-electron chi connectivity index (χ1n) is 8.63. The normalized spacial score (nSPS) is 11.0. The molecule has 28 heavy (non-hydrogen) atoms. The number of carbonyl (C=O) groups is 2. The van der Waals surface area contributed by atoms with Crippen LogP contribution in [0, 0.1) is 0 Å². The standard InChI is InChI=1S/C19H22N2O6S/c1-2-3-4-13-5-7-14(8-6-13)21-28(25,26)15-9-10-17(27-12-18(20)22)16(11-15)19(23)24/h5-11,21H,2-4,12H2,1H3,(H2,20,22)(H,23,24). The number of carbonyl (C=O) groups excluding carboxylic acids is 1. The zero-order chi connectivity index (χ0) is 20.7. The average Bonchev–Trinajstić information content (AvgIpc) is 2.65. The number of carboxylic acids is 1. The number of rotatable bonds is 10. The molecule has 4 N–H and O–H groups in total. The molecule has 1 amide bonds. The van der Waals surface area contributed by atoms with Gasteiger partial charge in [-0.2, -0.15) is 0 Å². The Morgan fingerprint density at radius 1 is 1.14 bits per heavy atom. The van der Waals surface area contributed by atoms with Crippen molar-refractivity contribution in [2.45, 2.75) is 31.1 Å². The summed E-state index contributed by atoms with van der Waals surface area (Å²) in [5.74, 6) is -2.32. The van der Waals surface area contributed by atoms with Gasteiger partial charge in [-0.1, -0.05) is 25.5 Å². The number of hydrogen-bond acceptors (Lipinski definition) is 5. The topological polar surface area (TPSA) is 136 Å². The molecule has 2 aromatic carbocycles. The molecular weight excluding hydrogens is 384 g/mol. The minimum atomic E-state index is -4.01. The number of primary amides is 1. The van der Waals surface area contributed by atoms with Crippen molar-refractivity contribution in [3.05, 3.63) is 53.6 Å². The fourth-order valence-corrected chi connectivity index (χ4v) is 3.54. The van der Waals surface area contributed by atoms with Crippen LogP contribution in [0.4, 0.5) is 5.69 Å². The van der Waals surface area contributed by atoms with E-state index in [9.17, 15) is 23.1 Å². The number of unbranched alkanes of at least 4 members (excludes halogenated alkanes) is 1. The number of aryl methyl sites for hydroxylation is 1. The number of aromatic carboxylic acids is 1. The fourth-order valence-electron chi connectivity index (χ4n) is 2.45. The van der Waals surface area contributed by atoms with Crippen molar-refractivity contribution in [1.29, 1.82) is 0 Å². The zero-order valence-electron chi connectivity index (χ0n) is 15.3. The molecule has 0 heterocycles. The predicted octanol–water partition coefficient (Wildman–Crippen LogP) is 2.39. The van der Waals surface area contributed by atoms with Crippen molar-refractivity contribution in [1.82, 2.24) is 0 Å². The first-order chi connectivity index (χ1) is 13.2. The van der Waals surface area contributed by atoms with Gasteiger partial charge in [0, 0.05) is 5.69 Å². The van der Waals surface area contributed by atoms with Gasteiger partial charge in [0.1, 0.15) is 11.3 Å². The number of nitrogens with two attached hydrogens (primary N) is 1. The lowest BCUT2D eigenvalue weighted by Crippen LogP contribution is -2.21. The quantitative estimate of drug-likeness (QED) is 0.554. The Balaban J connectivity index is 2.23. The largest absolute Gasteiger partial charge is 0.483 e. The summed E-state index contributed by atoms with van der Waals surface area (Å²) in [6.45, 7) is 1.58. The van der Waals surface area contributed by atoms with Gasteiger partial charge in [-0.15, -0.1) is 0 Å². The second-order valence-electron chi connectivity index (χ2n) is 6.12. The molecule has 0 aliphatic carbocycles. The maximum atomic E-state index is 12.6. The first-order valence-corrected chi connectivity index (χ1v) is 10.1. The summed E-state index contributed by atoms with van der Waals surface area (Å²) in [6, 6.07) is 10.3. The van der Waals surface area contributed by atoms with Gasteiger partial charge in [-0.05, 0) is 48.7 Å². The molecule has 0 saturated carbocycles. The summed E-state index contributed by atoms with van der Waals surface area (Å²) < 4.78 is 32.6. The molecule has 9 heteroatoms. The Kier molecular flexibility index (Phi) is 7.00. The Bertz CT molecular complexity index is 955. The first kappa shape index (κ1) is 21.2. The third kappa shape index (κ3) is 5.71. The van der Waals surface area contributed by atoms with Crippen LogP contribution in [-0.4, -0.2) is 32.0 Å². The molecule has 0 bridgehead atoms. The van der Waals surface area contributed by atoms with Gasteiger partial charge in [0.2, 0.25) is 0 Å². The number of anilines is 1. The van der Waals surface area contributed by atoms with E-state index in [2.05, 4.69) is 11.6 Å². The third-order valence-corrected chi connectivity index (χ3v) is 5.27. The summed E-state index contributed by atoms with van der Waals surface area (Å²) in [6.07, 6.45) is 3.03. The highest BCUT2D eigenvalue weighted by atomic mass is 32.2. The van der Waals surface area contributed by atoms with Crippen LogP contribution in [0.25, 0.3) is 0 Å². The van der Waals surface area contributed by atoms with Crippen molar-refractivity contribution in [2.24, 2.45) is 5.73 Å². The van der Waals surface area contributed by atoms with Gasteiger partial charge >= 0.3 is 5.97 Å².